The van der Waals surface area contributed by atoms with Crippen LogP contribution in [0.3, 0.4) is 0 Å². The maximum absolute atomic E-state index is 11.5. The summed E-state index contributed by atoms with van der Waals surface area (Å²) in [6.45, 7) is 3.04. The predicted molar refractivity (Wildman–Crippen MR) is 116 cm³/mol. The Labute approximate surface area is 177 Å². The molecule has 0 radical (unpaired) electrons. The van der Waals surface area contributed by atoms with E-state index in [1.165, 1.54) is 11.3 Å². The molecule has 1 heterocycles. The highest BCUT2D eigenvalue weighted by Gasteiger charge is 2.16. The molecule has 0 amide bonds. The van der Waals surface area contributed by atoms with Gasteiger partial charge in [0.05, 0.1) is 5.56 Å². The summed E-state index contributed by atoms with van der Waals surface area (Å²) in [5.74, 6) is -0.253. The Bertz CT molecular complexity index is 950. The van der Waals surface area contributed by atoms with Crippen LogP contribution in [0.4, 0.5) is 5.00 Å². The van der Waals surface area contributed by atoms with Crippen LogP contribution in [0, 0.1) is 0 Å². The quantitative estimate of drug-likeness (QED) is 0.407. The molecule has 0 aliphatic carbocycles. The molecule has 0 saturated carbocycles. The SMILES string of the molecule is CCCNc1sc(-c2ccc(OCc3c(Cl)cccc3Cl)cc2)cc1C(=O)O. The van der Waals surface area contributed by atoms with E-state index in [1.807, 2.05) is 31.2 Å². The number of ether oxygens (including phenoxy) is 1. The number of hydrogen-bond acceptors (Lipinski definition) is 4. The monoisotopic (exact) mass is 435 g/mol. The summed E-state index contributed by atoms with van der Waals surface area (Å²) < 4.78 is 5.79. The molecule has 1 aromatic heterocycles. The molecule has 2 N–H and O–H groups in total. The second-order valence-electron chi connectivity index (χ2n) is 6.10. The van der Waals surface area contributed by atoms with Crippen LogP contribution < -0.4 is 10.1 Å². The fourth-order valence-electron chi connectivity index (χ4n) is 2.60. The first-order valence-corrected chi connectivity index (χ1v) is 10.3. The van der Waals surface area contributed by atoms with Gasteiger partial charge in [0.1, 0.15) is 17.4 Å². The number of thiophene rings is 1. The molecule has 2 aromatic carbocycles. The van der Waals surface area contributed by atoms with Gasteiger partial charge in [-0.3, -0.25) is 0 Å². The minimum absolute atomic E-state index is 0.269. The van der Waals surface area contributed by atoms with Gasteiger partial charge < -0.3 is 15.2 Å². The van der Waals surface area contributed by atoms with Crippen LogP contribution in [0.1, 0.15) is 29.3 Å². The molecule has 0 bridgehead atoms. The molecular weight excluding hydrogens is 417 g/mol. The molecule has 0 aliphatic rings. The van der Waals surface area contributed by atoms with E-state index < -0.39 is 5.97 Å². The number of nitrogens with one attached hydrogen (secondary N) is 1. The van der Waals surface area contributed by atoms with Gasteiger partial charge in [-0.05, 0) is 54.4 Å². The molecule has 0 unspecified atom stereocenters. The first-order valence-electron chi connectivity index (χ1n) is 8.76. The Morgan fingerprint density at radius 2 is 1.82 bits per heavy atom. The smallest absolute Gasteiger partial charge is 0.338 e. The third-order valence-electron chi connectivity index (χ3n) is 4.08. The van der Waals surface area contributed by atoms with E-state index in [-0.39, 0.29) is 6.61 Å². The second kappa shape index (κ2) is 9.32. The first-order chi connectivity index (χ1) is 13.5. The summed E-state index contributed by atoms with van der Waals surface area (Å²) in [5.41, 5.74) is 1.97. The third-order valence-corrected chi connectivity index (χ3v) is 5.93. The molecule has 4 nitrogen and oxygen atoms in total. The average Bonchev–Trinajstić information content (AvgIpc) is 3.11. The van der Waals surface area contributed by atoms with Gasteiger partial charge in [-0.15, -0.1) is 11.3 Å². The van der Waals surface area contributed by atoms with Gasteiger partial charge in [0.15, 0.2) is 0 Å². The minimum atomic E-state index is -0.933. The fraction of sp³-hybridized carbons (Fsp3) is 0.190. The highest BCUT2D eigenvalue weighted by molar-refractivity contribution is 7.19. The number of aromatic carboxylic acids is 1. The van der Waals surface area contributed by atoms with Crippen molar-refractivity contribution in [2.24, 2.45) is 0 Å². The summed E-state index contributed by atoms with van der Waals surface area (Å²) in [5, 5.41) is 14.4. The predicted octanol–water partition coefficient (Wildman–Crippen LogP) is 6.82. The summed E-state index contributed by atoms with van der Waals surface area (Å²) in [6, 6.07) is 14.5. The first kappa shape index (κ1) is 20.5. The summed E-state index contributed by atoms with van der Waals surface area (Å²) in [7, 11) is 0. The number of halogens is 2. The zero-order chi connectivity index (χ0) is 20.1. The minimum Gasteiger partial charge on any atom is -0.489 e. The zero-order valence-electron chi connectivity index (χ0n) is 15.2. The molecule has 146 valence electrons. The number of benzene rings is 2. The number of hydrogen-bond donors (Lipinski definition) is 2. The van der Waals surface area contributed by atoms with Crippen LogP contribution >= 0.6 is 34.5 Å². The Morgan fingerprint density at radius 3 is 2.43 bits per heavy atom. The number of carbonyl (C=O) groups is 1. The zero-order valence-corrected chi connectivity index (χ0v) is 17.5. The highest BCUT2D eigenvalue weighted by Crippen LogP contribution is 2.36. The van der Waals surface area contributed by atoms with E-state index in [0.29, 0.717) is 26.4 Å². The van der Waals surface area contributed by atoms with Gasteiger partial charge in [-0.25, -0.2) is 4.79 Å². The van der Waals surface area contributed by atoms with Crippen molar-refractivity contribution in [3.63, 3.8) is 0 Å². The van der Waals surface area contributed by atoms with Crippen molar-refractivity contribution in [3.8, 4) is 16.2 Å². The largest absolute Gasteiger partial charge is 0.489 e. The Morgan fingerprint density at radius 1 is 1.14 bits per heavy atom. The molecule has 0 spiro atoms. The summed E-state index contributed by atoms with van der Waals surface area (Å²) >= 11 is 13.8. The lowest BCUT2D eigenvalue weighted by molar-refractivity contribution is 0.0698. The second-order valence-corrected chi connectivity index (χ2v) is 7.97. The van der Waals surface area contributed by atoms with Crippen molar-refractivity contribution in [1.29, 1.82) is 0 Å². The Kier molecular flexibility index (Phi) is 6.83. The van der Waals surface area contributed by atoms with Crippen molar-refractivity contribution < 1.29 is 14.6 Å². The van der Waals surface area contributed by atoms with Crippen molar-refractivity contribution in [1.82, 2.24) is 0 Å². The van der Waals surface area contributed by atoms with Gasteiger partial charge in [-0.1, -0.05) is 36.2 Å². The van der Waals surface area contributed by atoms with Crippen LogP contribution in [0.2, 0.25) is 10.0 Å². The van der Waals surface area contributed by atoms with Crippen molar-refractivity contribution >= 4 is 45.5 Å². The van der Waals surface area contributed by atoms with Crippen LogP contribution in [-0.2, 0) is 6.61 Å². The molecule has 0 fully saturated rings. The standard InChI is InChI=1S/C21H19Cl2NO3S/c1-2-10-24-20-15(21(25)26)11-19(28-20)13-6-8-14(9-7-13)27-12-16-17(22)4-3-5-18(16)23/h3-9,11,24H,2,10,12H2,1H3,(H,25,26). The van der Waals surface area contributed by atoms with E-state index in [4.69, 9.17) is 27.9 Å². The molecule has 28 heavy (non-hydrogen) atoms. The van der Waals surface area contributed by atoms with E-state index in [1.54, 1.807) is 24.3 Å². The van der Waals surface area contributed by atoms with Crippen molar-refractivity contribution in [3.05, 3.63) is 69.7 Å². The summed E-state index contributed by atoms with van der Waals surface area (Å²) in [6.07, 6.45) is 0.924. The summed E-state index contributed by atoms with van der Waals surface area (Å²) in [4.78, 5) is 12.4. The Balaban J connectivity index is 1.74. The maximum Gasteiger partial charge on any atom is 0.338 e. The van der Waals surface area contributed by atoms with Crippen molar-refractivity contribution in [2.75, 3.05) is 11.9 Å². The number of anilines is 1. The lowest BCUT2D eigenvalue weighted by Gasteiger charge is -2.10. The molecule has 0 saturated heterocycles. The van der Waals surface area contributed by atoms with E-state index in [2.05, 4.69) is 5.32 Å². The molecule has 3 rings (SSSR count). The highest BCUT2D eigenvalue weighted by atomic mass is 35.5. The van der Waals surface area contributed by atoms with E-state index in [9.17, 15) is 9.90 Å². The van der Waals surface area contributed by atoms with Crippen LogP contribution in [0.15, 0.2) is 48.5 Å². The van der Waals surface area contributed by atoms with Crippen LogP contribution in [0.25, 0.3) is 10.4 Å². The fourth-order valence-corrected chi connectivity index (χ4v) is 4.19. The van der Waals surface area contributed by atoms with Gasteiger partial charge in [0.25, 0.3) is 0 Å². The number of carboxylic acids is 1. The van der Waals surface area contributed by atoms with E-state index in [0.717, 1.165) is 29.0 Å². The molecular formula is C21H19Cl2NO3S. The van der Waals surface area contributed by atoms with Gasteiger partial charge in [0.2, 0.25) is 0 Å². The Hall–Kier alpha value is -2.21. The normalized spacial score (nSPS) is 10.7. The van der Waals surface area contributed by atoms with E-state index >= 15 is 0 Å². The third kappa shape index (κ3) is 4.79. The van der Waals surface area contributed by atoms with Crippen molar-refractivity contribution in [2.45, 2.75) is 20.0 Å². The topological polar surface area (TPSA) is 58.6 Å². The lowest BCUT2D eigenvalue weighted by Crippen LogP contribution is -2.03. The molecule has 0 atom stereocenters. The average molecular weight is 436 g/mol. The molecule has 0 aliphatic heterocycles. The van der Waals surface area contributed by atoms with Gasteiger partial charge in [-0.2, -0.15) is 0 Å². The number of rotatable bonds is 8. The lowest BCUT2D eigenvalue weighted by atomic mass is 10.1. The molecule has 3 aromatic rings. The van der Waals surface area contributed by atoms with Crippen LogP contribution in [-0.4, -0.2) is 17.6 Å². The van der Waals surface area contributed by atoms with Gasteiger partial charge in [0, 0.05) is 27.0 Å². The maximum atomic E-state index is 11.5. The van der Waals surface area contributed by atoms with Crippen LogP contribution in [0.5, 0.6) is 5.75 Å². The molecule has 7 heteroatoms. The van der Waals surface area contributed by atoms with Gasteiger partial charge >= 0.3 is 5.97 Å². The number of carboxylic acid groups (broad SMARTS) is 1.